The summed E-state index contributed by atoms with van der Waals surface area (Å²) in [6, 6.07) is 7.33. The summed E-state index contributed by atoms with van der Waals surface area (Å²) >= 11 is 5.87. The van der Waals surface area contributed by atoms with Crippen molar-refractivity contribution in [2.24, 2.45) is 5.92 Å². The van der Waals surface area contributed by atoms with Crippen molar-refractivity contribution in [2.45, 2.75) is 12.8 Å². The molecule has 5 nitrogen and oxygen atoms in total. The highest BCUT2D eigenvalue weighted by Crippen LogP contribution is 2.13. The summed E-state index contributed by atoms with van der Waals surface area (Å²) in [6.07, 6.45) is 5.66. The monoisotopic (exact) mass is 354 g/mol. The molecule has 1 amide bonds. The number of carbonyl (C=O) groups excluding carboxylic acids is 1. The summed E-state index contributed by atoms with van der Waals surface area (Å²) in [7, 11) is 0. The van der Waals surface area contributed by atoms with Gasteiger partial charge in [0.2, 0.25) is 0 Å². The Morgan fingerprint density at radius 1 is 1.39 bits per heavy atom. The molecule has 1 aliphatic rings. The number of rotatable bonds is 4. The molecule has 124 valence electrons. The Morgan fingerprint density at radius 3 is 2.87 bits per heavy atom. The van der Waals surface area contributed by atoms with Crippen LogP contribution in [0.3, 0.4) is 0 Å². The Bertz CT molecular complexity index is 636. The van der Waals surface area contributed by atoms with E-state index >= 15 is 0 Å². The average molecular weight is 355 g/mol. The minimum Gasteiger partial charge on any atom is -0.352 e. The first-order valence-electron chi connectivity index (χ1n) is 7.52. The van der Waals surface area contributed by atoms with Gasteiger partial charge in [-0.15, -0.1) is 12.4 Å². The van der Waals surface area contributed by atoms with E-state index in [0.717, 1.165) is 25.2 Å². The smallest absolute Gasteiger partial charge is 0.254 e. The van der Waals surface area contributed by atoms with Crippen molar-refractivity contribution in [3.05, 3.63) is 47.2 Å². The van der Waals surface area contributed by atoms with E-state index in [1.165, 1.54) is 6.42 Å². The summed E-state index contributed by atoms with van der Waals surface area (Å²) in [5.41, 5.74) is 1.44. The fourth-order valence-corrected chi connectivity index (χ4v) is 2.74. The van der Waals surface area contributed by atoms with Gasteiger partial charge in [0.1, 0.15) is 0 Å². The summed E-state index contributed by atoms with van der Waals surface area (Å²) in [5.74, 6) is 0.440. The summed E-state index contributed by atoms with van der Waals surface area (Å²) < 4.78 is 1.67. The van der Waals surface area contributed by atoms with Gasteiger partial charge in [-0.1, -0.05) is 11.6 Å². The maximum absolute atomic E-state index is 12.2. The van der Waals surface area contributed by atoms with Crippen LogP contribution < -0.4 is 10.6 Å². The lowest BCUT2D eigenvalue weighted by Crippen LogP contribution is -2.38. The second-order valence-electron chi connectivity index (χ2n) is 5.57. The fraction of sp³-hybridized carbons (Fsp3) is 0.375. The molecule has 1 unspecified atom stereocenters. The quantitative estimate of drug-likeness (QED) is 0.887. The number of aromatic nitrogens is 2. The van der Waals surface area contributed by atoms with Crippen LogP contribution in [0.4, 0.5) is 0 Å². The van der Waals surface area contributed by atoms with Crippen LogP contribution in [-0.2, 0) is 0 Å². The Balaban J connectivity index is 0.00000192. The van der Waals surface area contributed by atoms with Gasteiger partial charge in [0.25, 0.3) is 5.91 Å². The van der Waals surface area contributed by atoms with E-state index in [4.69, 9.17) is 11.6 Å². The molecule has 1 saturated heterocycles. The van der Waals surface area contributed by atoms with Crippen molar-refractivity contribution < 1.29 is 4.79 Å². The SMILES string of the molecule is Cl.O=C(NCC1CCCNC1)c1cnn(-c2ccc(Cl)cc2)c1. The zero-order valence-corrected chi connectivity index (χ0v) is 14.2. The fourth-order valence-electron chi connectivity index (χ4n) is 2.61. The molecule has 0 aliphatic carbocycles. The van der Waals surface area contributed by atoms with Crippen LogP contribution in [-0.4, -0.2) is 35.3 Å². The standard InChI is InChI=1S/C16H19ClN4O.ClH/c17-14-3-5-15(6-4-14)21-11-13(10-20-21)16(22)19-9-12-2-1-7-18-8-12;/h3-6,10-12,18H,1-2,7-9H2,(H,19,22);1H. The first kappa shape index (κ1) is 17.8. The number of amides is 1. The van der Waals surface area contributed by atoms with Gasteiger partial charge >= 0.3 is 0 Å². The average Bonchev–Trinajstić information content (AvgIpc) is 3.04. The molecule has 1 aromatic heterocycles. The molecule has 0 bridgehead atoms. The summed E-state index contributed by atoms with van der Waals surface area (Å²) in [5, 5.41) is 11.2. The molecule has 23 heavy (non-hydrogen) atoms. The highest BCUT2D eigenvalue weighted by Gasteiger charge is 2.15. The van der Waals surface area contributed by atoms with Crippen molar-refractivity contribution in [1.29, 1.82) is 0 Å². The Labute approximate surface area is 146 Å². The van der Waals surface area contributed by atoms with Gasteiger partial charge in [-0.3, -0.25) is 4.79 Å². The van der Waals surface area contributed by atoms with Crippen molar-refractivity contribution in [2.75, 3.05) is 19.6 Å². The maximum atomic E-state index is 12.2. The van der Waals surface area contributed by atoms with Crippen LogP contribution >= 0.6 is 24.0 Å². The molecular formula is C16H20Cl2N4O. The van der Waals surface area contributed by atoms with E-state index in [-0.39, 0.29) is 18.3 Å². The molecular weight excluding hydrogens is 335 g/mol. The van der Waals surface area contributed by atoms with Crippen LogP contribution in [0.1, 0.15) is 23.2 Å². The molecule has 7 heteroatoms. The molecule has 1 aliphatic heterocycles. The Hall–Kier alpha value is -1.56. The summed E-state index contributed by atoms with van der Waals surface area (Å²) in [4.78, 5) is 12.2. The highest BCUT2D eigenvalue weighted by molar-refractivity contribution is 6.30. The van der Waals surface area contributed by atoms with E-state index < -0.39 is 0 Å². The normalized spacial score (nSPS) is 17.3. The molecule has 0 saturated carbocycles. The predicted octanol–water partition coefficient (Wildman–Crippen LogP) is 2.68. The molecule has 0 radical (unpaired) electrons. The van der Waals surface area contributed by atoms with Gasteiger partial charge in [-0.05, 0) is 56.1 Å². The maximum Gasteiger partial charge on any atom is 0.254 e. The molecule has 3 rings (SSSR count). The zero-order chi connectivity index (χ0) is 15.4. The van der Waals surface area contributed by atoms with Crippen LogP contribution in [0.5, 0.6) is 0 Å². The first-order valence-corrected chi connectivity index (χ1v) is 7.90. The Kier molecular flexibility index (Phi) is 6.45. The lowest BCUT2D eigenvalue weighted by molar-refractivity contribution is 0.0945. The largest absolute Gasteiger partial charge is 0.352 e. The van der Waals surface area contributed by atoms with Gasteiger partial charge in [-0.25, -0.2) is 4.68 Å². The first-order chi connectivity index (χ1) is 10.7. The molecule has 1 aromatic carbocycles. The van der Waals surface area contributed by atoms with E-state index in [1.807, 2.05) is 12.1 Å². The number of piperidine rings is 1. The molecule has 2 heterocycles. The minimum atomic E-state index is -0.0780. The van der Waals surface area contributed by atoms with Crippen LogP contribution in [0, 0.1) is 5.92 Å². The molecule has 2 aromatic rings. The number of nitrogens with one attached hydrogen (secondary N) is 2. The number of halogens is 2. The lowest BCUT2D eigenvalue weighted by atomic mass is 10.00. The van der Waals surface area contributed by atoms with Gasteiger partial charge < -0.3 is 10.6 Å². The zero-order valence-electron chi connectivity index (χ0n) is 12.7. The third-order valence-corrected chi connectivity index (χ3v) is 4.14. The lowest BCUT2D eigenvalue weighted by Gasteiger charge is -2.22. The summed E-state index contributed by atoms with van der Waals surface area (Å²) in [6.45, 7) is 2.76. The van der Waals surface area contributed by atoms with E-state index in [0.29, 0.717) is 23.0 Å². The molecule has 0 spiro atoms. The third kappa shape index (κ3) is 4.70. The second kappa shape index (κ2) is 8.34. The van der Waals surface area contributed by atoms with Crippen molar-refractivity contribution >= 4 is 29.9 Å². The van der Waals surface area contributed by atoms with E-state index in [9.17, 15) is 4.79 Å². The van der Waals surface area contributed by atoms with Crippen LogP contribution in [0.2, 0.25) is 5.02 Å². The van der Waals surface area contributed by atoms with Crippen LogP contribution in [0.15, 0.2) is 36.7 Å². The molecule has 1 atom stereocenters. The topological polar surface area (TPSA) is 59.0 Å². The van der Waals surface area contributed by atoms with E-state index in [2.05, 4.69) is 15.7 Å². The van der Waals surface area contributed by atoms with Gasteiger partial charge in [-0.2, -0.15) is 5.10 Å². The second-order valence-corrected chi connectivity index (χ2v) is 6.01. The molecule has 2 N–H and O–H groups in total. The molecule has 1 fully saturated rings. The predicted molar refractivity (Wildman–Crippen MR) is 93.7 cm³/mol. The number of carbonyl (C=O) groups is 1. The minimum absolute atomic E-state index is 0. The Morgan fingerprint density at radius 2 is 2.17 bits per heavy atom. The van der Waals surface area contributed by atoms with Crippen molar-refractivity contribution in [3.63, 3.8) is 0 Å². The van der Waals surface area contributed by atoms with Gasteiger partial charge in [0.05, 0.1) is 17.4 Å². The van der Waals surface area contributed by atoms with Crippen LogP contribution in [0.25, 0.3) is 5.69 Å². The highest BCUT2D eigenvalue weighted by atomic mass is 35.5. The number of benzene rings is 1. The van der Waals surface area contributed by atoms with Crippen molar-refractivity contribution in [3.8, 4) is 5.69 Å². The van der Waals surface area contributed by atoms with E-state index in [1.54, 1.807) is 29.2 Å². The number of hydrogen-bond acceptors (Lipinski definition) is 3. The van der Waals surface area contributed by atoms with Gasteiger partial charge in [0, 0.05) is 17.8 Å². The number of nitrogens with zero attached hydrogens (tertiary/aromatic N) is 2. The number of hydrogen-bond donors (Lipinski definition) is 2. The van der Waals surface area contributed by atoms with Gasteiger partial charge in [0.15, 0.2) is 0 Å². The van der Waals surface area contributed by atoms with Crippen molar-refractivity contribution in [1.82, 2.24) is 20.4 Å². The third-order valence-electron chi connectivity index (χ3n) is 3.89.